The summed E-state index contributed by atoms with van der Waals surface area (Å²) >= 11 is 1.55. The third kappa shape index (κ3) is 8.08. The Balaban J connectivity index is 1.81. The highest BCUT2D eigenvalue weighted by atomic mass is 32.2. The van der Waals surface area contributed by atoms with Crippen LogP contribution in [-0.2, 0) is 16.1 Å². The van der Waals surface area contributed by atoms with Gasteiger partial charge in [-0.25, -0.2) is 4.79 Å². The lowest BCUT2D eigenvalue weighted by Crippen LogP contribution is -2.41. The smallest absolute Gasteiger partial charge is 0.326 e. The van der Waals surface area contributed by atoms with Crippen LogP contribution in [0.2, 0.25) is 0 Å². The van der Waals surface area contributed by atoms with Crippen LogP contribution in [-0.4, -0.2) is 52.9 Å². The number of ether oxygens (including phenoxy) is 1. The lowest BCUT2D eigenvalue weighted by Gasteiger charge is -2.26. The van der Waals surface area contributed by atoms with Gasteiger partial charge >= 0.3 is 5.97 Å². The first-order valence-electron chi connectivity index (χ1n) is 12.9. The van der Waals surface area contributed by atoms with Gasteiger partial charge in [-0.2, -0.15) is 11.8 Å². The van der Waals surface area contributed by atoms with Crippen molar-refractivity contribution in [3.8, 4) is 11.1 Å². The second kappa shape index (κ2) is 14.4. The third-order valence-corrected chi connectivity index (χ3v) is 7.63. The van der Waals surface area contributed by atoms with Gasteiger partial charge in [-0.05, 0) is 72.1 Å². The van der Waals surface area contributed by atoms with E-state index in [9.17, 15) is 19.8 Å². The van der Waals surface area contributed by atoms with Gasteiger partial charge in [-0.3, -0.25) is 4.79 Å². The lowest BCUT2D eigenvalue weighted by molar-refractivity contribution is -0.139. The van der Waals surface area contributed by atoms with Crippen molar-refractivity contribution in [2.75, 3.05) is 18.6 Å². The average molecular weight is 514 g/mol. The monoisotopic (exact) mass is 513 g/mol. The Kier molecular flexibility index (Phi) is 11.3. The molecule has 36 heavy (non-hydrogen) atoms. The Morgan fingerprint density at radius 2 is 1.86 bits per heavy atom. The summed E-state index contributed by atoms with van der Waals surface area (Å²) in [7, 11) is 0. The first kappa shape index (κ1) is 28.2. The Morgan fingerprint density at radius 1 is 1.11 bits per heavy atom. The van der Waals surface area contributed by atoms with Gasteiger partial charge in [-0.1, -0.05) is 62.4 Å². The summed E-state index contributed by atoms with van der Waals surface area (Å²) in [5.74, 6) is -0.184. The van der Waals surface area contributed by atoms with E-state index in [1.165, 1.54) is 32.1 Å². The van der Waals surface area contributed by atoms with Crippen LogP contribution >= 0.6 is 11.8 Å². The third-order valence-electron chi connectivity index (χ3n) is 6.99. The summed E-state index contributed by atoms with van der Waals surface area (Å²) in [5, 5.41) is 22.2. The maximum atomic E-state index is 13.2. The van der Waals surface area contributed by atoms with Gasteiger partial charge in [0.15, 0.2) is 0 Å². The minimum Gasteiger partial charge on any atom is -0.480 e. The Hall–Kier alpha value is -2.35. The van der Waals surface area contributed by atoms with E-state index in [1.807, 2.05) is 49.6 Å². The van der Waals surface area contributed by atoms with Crippen LogP contribution in [0, 0.1) is 12.8 Å². The van der Waals surface area contributed by atoms with Crippen LogP contribution in [0.4, 0.5) is 0 Å². The zero-order chi connectivity index (χ0) is 25.9. The Labute approximate surface area is 218 Å². The zero-order valence-electron chi connectivity index (χ0n) is 21.4. The van der Waals surface area contributed by atoms with E-state index in [1.54, 1.807) is 17.8 Å². The predicted molar refractivity (Wildman–Crippen MR) is 145 cm³/mol. The molecule has 1 saturated carbocycles. The maximum Gasteiger partial charge on any atom is 0.326 e. The van der Waals surface area contributed by atoms with E-state index in [0.717, 1.165) is 28.7 Å². The molecule has 2 aromatic rings. The number of aryl methyl sites for hydroxylation is 1. The van der Waals surface area contributed by atoms with Gasteiger partial charge < -0.3 is 20.3 Å². The van der Waals surface area contributed by atoms with Crippen molar-refractivity contribution in [3.05, 3.63) is 59.2 Å². The van der Waals surface area contributed by atoms with Crippen molar-refractivity contribution in [2.45, 2.75) is 70.6 Å². The molecule has 0 aliphatic heterocycles. The number of thioether (sulfide) groups is 1. The Bertz CT molecular complexity index is 1000. The van der Waals surface area contributed by atoms with Crippen molar-refractivity contribution in [1.29, 1.82) is 0 Å². The normalized spacial score (nSPS) is 15.9. The minimum absolute atomic E-state index is 0.00569. The quantitative estimate of drug-likeness (QED) is 0.330. The van der Waals surface area contributed by atoms with Crippen molar-refractivity contribution >= 4 is 23.6 Å². The van der Waals surface area contributed by atoms with Crippen molar-refractivity contribution in [1.82, 2.24) is 5.32 Å². The van der Waals surface area contributed by atoms with E-state index >= 15 is 0 Å². The van der Waals surface area contributed by atoms with Gasteiger partial charge in [0.25, 0.3) is 5.91 Å². The van der Waals surface area contributed by atoms with Gasteiger partial charge in [-0.15, -0.1) is 0 Å². The molecule has 0 heterocycles. The number of hydrogen-bond acceptors (Lipinski definition) is 5. The molecule has 0 saturated heterocycles. The highest BCUT2D eigenvalue weighted by Gasteiger charge is 2.23. The van der Waals surface area contributed by atoms with Crippen molar-refractivity contribution < 1.29 is 24.5 Å². The van der Waals surface area contributed by atoms with Crippen molar-refractivity contribution in [3.63, 3.8) is 0 Å². The standard InChI is InChI=1S/C29H39NO5S/c1-20-8-6-7-11-24(20)26-17-22(19-35-23(18-31)16-21-9-4-3-5-10-21)12-13-25(26)28(32)30-27(29(33)34)14-15-36-2/h6-8,11-13,17,21,23,27,31H,3-5,9-10,14-16,18-19H2,1-2H3,(H,30,32)(H,33,34)/t23?,27-/m0/s1. The SMILES string of the molecule is CSCC[C@H](NC(=O)c1ccc(COC(CO)CC2CCCCC2)cc1-c1ccccc1C)C(=O)O. The number of nitrogens with one attached hydrogen (secondary N) is 1. The van der Waals surface area contributed by atoms with Gasteiger partial charge in [0, 0.05) is 5.56 Å². The fourth-order valence-corrected chi connectivity index (χ4v) is 5.38. The molecular weight excluding hydrogens is 474 g/mol. The van der Waals surface area contributed by atoms with E-state index in [2.05, 4.69) is 5.32 Å². The summed E-state index contributed by atoms with van der Waals surface area (Å²) in [4.78, 5) is 24.9. The highest BCUT2D eigenvalue weighted by molar-refractivity contribution is 7.98. The second-order valence-electron chi connectivity index (χ2n) is 9.70. The molecule has 196 valence electrons. The molecule has 7 heteroatoms. The van der Waals surface area contributed by atoms with Gasteiger partial charge in [0.2, 0.25) is 0 Å². The maximum absolute atomic E-state index is 13.2. The number of aliphatic carboxylic acids is 1. The van der Waals surface area contributed by atoms with Gasteiger partial charge in [0.05, 0.1) is 19.3 Å². The number of hydrogen-bond donors (Lipinski definition) is 3. The predicted octanol–water partition coefficient (Wildman–Crippen LogP) is 5.45. The molecule has 1 aliphatic rings. The molecule has 0 bridgehead atoms. The molecule has 0 radical (unpaired) electrons. The minimum atomic E-state index is -1.03. The molecule has 2 atom stereocenters. The van der Waals surface area contributed by atoms with Crippen LogP contribution in [0.25, 0.3) is 11.1 Å². The van der Waals surface area contributed by atoms with E-state index in [4.69, 9.17) is 4.74 Å². The number of carbonyl (C=O) groups excluding carboxylic acids is 1. The number of benzene rings is 2. The lowest BCUT2D eigenvalue weighted by atomic mass is 9.85. The first-order chi connectivity index (χ1) is 17.4. The summed E-state index contributed by atoms with van der Waals surface area (Å²) in [6, 6.07) is 12.4. The zero-order valence-corrected chi connectivity index (χ0v) is 22.2. The van der Waals surface area contributed by atoms with E-state index in [0.29, 0.717) is 30.3 Å². The highest BCUT2D eigenvalue weighted by Crippen LogP contribution is 2.30. The fourth-order valence-electron chi connectivity index (χ4n) is 4.91. The second-order valence-corrected chi connectivity index (χ2v) is 10.7. The van der Waals surface area contributed by atoms with Crippen LogP contribution in [0.3, 0.4) is 0 Å². The number of carboxylic acids is 1. The van der Waals surface area contributed by atoms with Crippen LogP contribution in [0.1, 0.15) is 66.4 Å². The van der Waals surface area contributed by atoms with Crippen molar-refractivity contribution in [2.24, 2.45) is 5.92 Å². The van der Waals surface area contributed by atoms with Crippen LogP contribution in [0.15, 0.2) is 42.5 Å². The van der Waals surface area contributed by atoms with E-state index < -0.39 is 17.9 Å². The Morgan fingerprint density at radius 3 is 2.53 bits per heavy atom. The molecule has 3 rings (SSSR count). The number of carboxylic acid groups (broad SMARTS) is 1. The summed E-state index contributed by atoms with van der Waals surface area (Å²) < 4.78 is 6.11. The molecular formula is C29H39NO5S. The molecule has 1 unspecified atom stereocenters. The number of aliphatic hydroxyl groups is 1. The van der Waals surface area contributed by atoms with Crippen LogP contribution < -0.4 is 5.32 Å². The fraction of sp³-hybridized carbons (Fsp3) is 0.517. The molecule has 1 aliphatic carbocycles. The number of aliphatic hydroxyl groups excluding tert-OH is 1. The molecule has 6 nitrogen and oxygen atoms in total. The summed E-state index contributed by atoms with van der Waals surface area (Å²) in [6.07, 6.45) is 9.15. The largest absolute Gasteiger partial charge is 0.480 e. The molecule has 2 aromatic carbocycles. The molecule has 0 aromatic heterocycles. The molecule has 0 spiro atoms. The van der Waals surface area contributed by atoms with E-state index in [-0.39, 0.29) is 12.7 Å². The molecule has 3 N–H and O–H groups in total. The van der Waals surface area contributed by atoms with Crippen LogP contribution in [0.5, 0.6) is 0 Å². The number of rotatable bonds is 13. The van der Waals surface area contributed by atoms with Gasteiger partial charge in [0.1, 0.15) is 6.04 Å². The molecule has 1 fully saturated rings. The molecule has 1 amide bonds. The average Bonchev–Trinajstić information content (AvgIpc) is 2.89. The summed E-state index contributed by atoms with van der Waals surface area (Å²) in [6.45, 7) is 2.32. The first-order valence-corrected chi connectivity index (χ1v) is 14.3. The topological polar surface area (TPSA) is 95.9 Å². The number of carbonyl (C=O) groups is 2. The number of amides is 1. The summed E-state index contributed by atoms with van der Waals surface area (Å²) in [5.41, 5.74) is 4.02.